The molecule has 3 rings (SSSR count). The smallest absolute Gasteiger partial charge is 0.222 e. The lowest BCUT2D eigenvalue weighted by Gasteiger charge is -2.18. The number of halogens is 1. The number of aromatic nitrogens is 1. The summed E-state index contributed by atoms with van der Waals surface area (Å²) in [6.45, 7) is 4.40. The van der Waals surface area contributed by atoms with E-state index in [0.29, 0.717) is 19.4 Å². The molecule has 130 valence electrons. The molecule has 2 saturated heterocycles. The number of nitrogens with two attached hydrogens (primary N) is 1. The van der Waals surface area contributed by atoms with Crippen LogP contribution >= 0.6 is 12.4 Å². The highest BCUT2D eigenvalue weighted by Crippen LogP contribution is 2.33. The number of amides is 1. The van der Waals surface area contributed by atoms with Crippen molar-refractivity contribution in [3.05, 3.63) is 17.0 Å². The predicted molar refractivity (Wildman–Crippen MR) is 87.2 cm³/mol. The van der Waals surface area contributed by atoms with Crippen molar-refractivity contribution in [3.8, 4) is 0 Å². The first kappa shape index (κ1) is 18.2. The molecule has 0 saturated carbocycles. The largest absolute Gasteiger partial charge is 0.361 e. The molecule has 2 fully saturated rings. The van der Waals surface area contributed by atoms with Gasteiger partial charge in [-0.25, -0.2) is 8.42 Å². The highest BCUT2D eigenvalue weighted by atomic mass is 35.5. The van der Waals surface area contributed by atoms with E-state index in [9.17, 15) is 13.2 Å². The molecule has 0 aromatic carbocycles. The number of fused-ring (bicyclic) bond motifs is 1. The second kappa shape index (κ2) is 6.41. The van der Waals surface area contributed by atoms with E-state index < -0.39 is 15.1 Å². The van der Waals surface area contributed by atoms with Crippen molar-refractivity contribution in [1.82, 2.24) is 10.1 Å². The lowest BCUT2D eigenvalue weighted by molar-refractivity contribution is -0.130. The predicted octanol–water partition coefficient (Wildman–Crippen LogP) is 0.229. The van der Waals surface area contributed by atoms with Crippen molar-refractivity contribution < 1.29 is 17.7 Å². The van der Waals surface area contributed by atoms with E-state index in [1.54, 1.807) is 4.90 Å². The molecule has 0 bridgehead atoms. The first-order valence-electron chi connectivity index (χ1n) is 7.46. The van der Waals surface area contributed by atoms with Crippen LogP contribution in [0.5, 0.6) is 0 Å². The first-order chi connectivity index (χ1) is 10.3. The number of hydrogen-bond donors (Lipinski definition) is 1. The summed E-state index contributed by atoms with van der Waals surface area (Å²) in [5.74, 6) is 0.627. The standard InChI is InChI=1S/C14H21N3O4S.ClH/c1-8-10(9(2)21-16-8)3-4-14(18)17-5-11-12(15)7-22(19,20)13(11)6-17;/h11-13H,3-7,15H2,1-2H3;1H/t11-,12+,13-;/m0./s1. The minimum atomic E-state index is -3.15. The summed E-state index contributed by atoms with van der Waals surface area (Å²) in [7, 11) is -3.15. The zero-order valence-corrected chi connectivity index (χ0v) is 14.8. The highest BCUT2D eigenvalue weighted by molar-refractivity contribution is 7.92. The van der Waals surface area contributed by atoms with Crippen LogP contribution in [0.3, 0.4) is 0 Å². The fraction of sp³-hybridized carbons (Fsp3) is 0.714. The van der Waals surface area contributed by atoms with Crippen LogP contribution < -0.4 is 5.73 Å². The van der Waals surface area contributed by atoms with Crippen LogP contribution in [0, 0.1) is 19.8 Å². The molecule has 1 aromatic rings. The Kier molecular flexibility index (Phi) is 5.08. The molecular weight excluding hydrogens is 342 g/mol. The molecule has 3 atom stereocenters. The van der Waals surface area contributed by atoms with Crippen molar-refractivity contribution in [1.29, 1.82) is 0 Å². The SMILES string of the molecule is Cc1noc(C)c1CCC(=O)N1C[C@H]2[C@H](N)CS(=O)(=O)[C@H]2C1.Cl. The quantitative estimate of drug-likeness (QED) is 0.823. The summed E-state index contributed by atoms with van der Waals surface area (Å²) in [6, 6.07) is -0.352. The fourth-order valence-corrected chi connectivity index (χ4v) is 5.82. The number of nitrogens with zero attached hydrogens (tertiary/aromatic N) is 2. The topological polar surface area (TPSA) is 106 Å². The molecule has 2 aliphatic heterocycles. The van der Waals surface area contributed by atoms with Gasteiger partial charge in [0, 0.05) is 37.0 Å². The average molecular weight is 364 g/mol. The summed E-state index contributed by atoms with van der Waals surface area (Å²) < 4.78 is 29.1. The maximum absolute atomic E-state index is 12.4. The van der Waals surface area contributed by atoms with Gasteiger partial charge in [0.05, 0.1) is 16.7 Å². The van der Waals surface area contributed by atoms with Gasteiger partial charge in [-0.1, -0.05) is 5.16 Å². The summed E-state index contributed by atoms with van der Waals surface area (Å²) >= 11 is 0. The van der Waals surface area contributed by atoms with Gasteiger partial charge in [0.1, 0.15) is 5.76 Å². The first-order valence-corrected chi connectivity index (χ1v) is 9.18. The van der Waals surface area contributed by atoms with Gasteiger partial charge in [-0.15, -0.1) is 12.4 Å². The molecule has 0 radical (unpaired) electrons. The summed E-state index contributed by atoms with van der Waals surface area (Å²) in [5.41, 5.74) is 7.67. The Bertz CT molecular complexity index is 683. The minimum Gasteiger partial charge on any atom is -0.361 e. The lowest BCUT2D eigenvalue weighted by Crippen LogP contribution is -2.35. The number of carbonyl (C=O) groups excluding carboxylic acids is 1. The number of rotatable bonds is 3. The fourth-order valence-electron chi connectivity index (χ4n) is 3.56. The van der Waals surface area contributed by atoms with E-state index in [1.807, 2.05) is 13.8 Å². The monoisotopic (exact) mass is 363 g/mol. The Balaban J connectivity index is 0.00000192. The van der Waals surface area contributed by atoms with Crippen LogP contribution in [-0.4, -0.2) is 54.5 Å². The van der Waals surface area contributed by atoms with Crippen LogP contribution in [0.2, 0.25) is 0 Å². The van der Waals surface area contributed by atoms with Crippen molar-refractivity contribution >= 4 is 28.2 Å². The molecule has 0 spiro atoms. The Morgan fingerprint density at radius 1 is 1.39 bits per heavy atom. The zero-order chi connectivity index (χ0) is 16.1. The van der Waals surface area contributed by atoms with Crippen molar-refractivity contribution in [2.75, 3.05) is 18.8 Å². The minimum absolute atomic E-state index is 0. The molecule has 9 heteroatoms. The normalized spacial score (nSPS) is 28.5. The highest BCUT2D eigenvalue weighted by Gasteiger charge is 2.51. The number of carbonyl (C=O) groups is 1. The number of sulfone groups is 1. The zero-order valence-electron chi connectivity index (χ0n) is 13.2. The summed E-state index contributed by atoms with van der Waals surface area (Å²) in [4.78, 5) is 14.0. The van der Waals surface area contributed by atoms with E-state index in [4.69, 9.17) is 10.3 Å². The van der Waals surface area contributed by atoms with Gasteiger partial charge < -0.3 is 15.2 Å². The average Bonchev–Trinajstić information content (AvgIpc) is 3.06. The molecule has 0 unspecified atom stereocenters. The van der Waals surface area contributed by atoms with E-state index >= 15 is 0 Å². The number of hydrogen-bond acceptors (Lipinski definition) is 6. The molecule has 1 amide bonds. The van der Waals surface area contributed by atoms with E-state index in [-0.39, 0.29) is 42.6 Å². The number of aryl methyl sites for hydroxylation is 2. The molecule has 0 aliphatic carbocycles. The lowest BCUT2D eigenvalue weighted by atomic mass is 10.0. The summed E-state index contributed by atoms with van der Waals surface area (Å²) in [5, 5.41) is 3.39. The third-order valence-corrected chi connectivity index (χ3v) is 7.14. The van der Waals surface area contributed by atoms with Gasteiger partial charge in [-0.2, -0.15) is 0 Å². The van der Waals surface area contributed by atoms with E-state index in [1.165, 1.54) is 0 Å². The van der Waals surface area contributed by atoms with Gasteiger partial charge >= 0.3 is 0 Å². The van der Waals surface area contributed by atoms with Crippen LogP contribution in [-0.2, 0) is 21.1 Å². The third kappa shape index (κ3) is 3.25. The molecule has 3 heterocycles. The van der Waals surface area contributed by atoms with Crippen LogP contribution in [0.4, 0.5) is 0 Å². The van der Waals surface area contributed by atoms with Crippen LogP contribution in [0.25, 0.3) is 0 Å². The molecular formula is C14H22ClN3O4S. The molecule has 23 heavy (non-hydrogen) atoms. The van der Waals surface area contributed by atoms with Crippen molar-refractivity contribution in [2.24, 2.45) is 11.7 Å². The van der Waals surface area contributed by atoms with Gasteiger partial charge in [0.2, 0.25) is 5.91 Å². The molecule has 2 N–H and O–H groups in total. The Labute approximate surface area is 141 Å². The van der Waals surface area contributed by atoms with Gasteiger partial charge in [-0.3, -0.25) is 4.79 Å². The Morgan fingerprint density at radius 2 is 2.09 bits per heavy atom. The van der Waals surface area contributed by atoms with Gasteiger partial charge in [-0.05, 0) is 20.3 Å². The second-order valence-corrected chi connectivity index (χ2v) is 8.56. The van der Waals surface area contributed by atoms with E-state index in [2.05, 4.69) is 5.16 Å². The van der Waals surface area contributed by atoms with Gasteiger partial charge in [0.25, 0.3) is 0 Å². The number of likely N-dealkylation sites (tertiary alicyclic amines) is 1. The third-order valence-electron chi connectivity index (χ3n) is 4.87. The van der Waals surface area contributed by atoms with E-state index in [0.717, 1.165) is 17.0 Å². The van der Waals surface area contributed by atoms with Gasteiger partial charge in [0.15, 0.2) is 9.84 Å². The molecule has 7 nitrogen and oxygen atoms in total. The van der Waals surface area contributed by atoms with Crippen LogP contribution in [0.1, 0.15) is 23.4 Å². The van der Waals surface area contributed by atoms with Crippen molar-refractivity contribution in [2.45, 2.75) is 38.0 Å². The Morgan fingerprint density at radius 3 is 2.65 bits per heavy atom. The maximum atomic E-state index is 12.4. The summed E-state index contributed by atoms with van der Waals surface area (Å²) in [6.07, 6.45) is 0.891. The maximum Gasteiger partial charge on any atom is 0.222 e. The molecule has 1 aromatic heterocycles. The van der Waals surface area contributed by atoms with Crippen molar-refractivity contribution in [3.63, 3.8) is 0 Å². The second-order valence-electron chi connectivity index (χ2n) is 6.30. The molecule has 2 aliphatic rings. The Hall–Kier alpha value is -1.12. The van der Waals surface area contributed by atoms with Crippen LogP contribution in [0.15, 0.2) is 4.52 Å².